The van der Waals surface area contributed by atoms with Crippen LogP contribution in [0.2, 0.25) is 0 Å². The van der Waals surface area contributed by atoms with Crippen molar-refractivity contribution in [3.8, 4) is 5.69 Å². The van der Waals surface area contributed by atoms with Crippen molar-refractivity contribution in [2.75, 3.05) is 39.8 Å². The Bertz CT molecular complexity index is 1460. The van der Waals surface area contributed by atoms with Crippen LogP contribution in [0.25, 0.3) is 16.7 Å². The molecule has 39 heavy (non-hydrogen) atoms. The zero-order valence-corrected chi connectivity index (χ0v) is 23.2. The van der Waals surface area contributed by atoms with Crippen molar-refractivity contribution in [1.82, 2.24) is 29.5 Å². The Hall–Kier alpha value is -3.49. The summed E-state index contributed by atoms with van der Waals surface area (Å²) in [6.45, 7) is 10.3. The summed E-state index contributed by atoms with van der Waals surface area (Å²) in [4.78, 5) is 25.4. The normalized spacial score (nSPS) is 18.3. The van der Waals surface area contributed by atoms with Gasteiger partial charge in [0.2, 0.25) is 0 Å². The predicted octanol–water partition coefficient (Wildman–Crippen LogP) is 4.61. The number of fused-ring (bicyclic) bond motifs is 1. The Morgan fingerprint density at radius 1 is 1.08 bits per heavy atom. The summed E-state index contributed by atoms with van der Waals surface area (Å²) in [5.41, 5.74) is 6.81. The van der Waals surface area contributed by atoms with Crippen LogP contribution < -0.4 is 0 Å². The molecule has 2 saturated heterocycles. The SMILES string of the molecule is COC(=O)C[C@H](CN1CCC2(CC1)CN(Cc1ccc3cc[nH]c3n1)C2)c1cccc(-n2nc(C)cc2C)c1. The highest BCUT2D eigenvalue weighted by atomic mass is 16.5. The fourth-order valence-electron chi connectivity index (χ4n) is 6.51. The predicted molar refractivity (Wildman–Crippen MR) is 152 cm³/mol. The number of H-pyrrole nitrogens is 1. The number of aryl methyl sites for hydroxylation is 2. The maximum atomic E-state index is 12.4. The highest BCUT2D eigenvalue weighted by Crippen LogP contribution is 2.41. The molecule has 204 valence electrons. The number of ether oxygens (including phenoxy) is 1. The minimum Gasteiger partial charge on any atom is -0.469 e. The van der Waals surface area contributed by atoms with Crippen LogP contribution in [0.5, 0.6) is 0 Å². The minimum absolute atomic E-state index is 0.0790. The van der Waals surface area contributed by atoms with E-state index in [1.165, 1.54) is 20.0 Å². The number of benzene rings is 1. The van der Waals surface area contributed by atoms with E-state index in [4.69, 9.17) is 9.72 Å². The maximum Gasteiger partial charge on any atom is 0.306 e. The molecule has 2 aliphatic heterocycles. The number of nitrogens with zero attached hydrogens (tertiary/aromatic N) is 5. The lowest BCUT2D eigenvalue weighted by atomic mass is 9.71. The number of esters is 1. The third kappa shape index (κ3) is 5.49. The summed E-state index contributed by atoms with van der Waals surface area (Å²) in [7, 11) is 1.48. The summed E-state index contributed by atoms with van der Waals surface area (Å²) in [5.74, 6) is -0.0823. The van der Waals surface area contributed by atoms with Gasteiger partial charge in [-0.15, -0.1) is 0 Å². The molecule has 0 aliphatic carbocycles. The molecular weight excluding hydrogens is 488 g/mol. The van der Waals surface area contributed by atoms with Crippen LogP contribution in [-0.2, 0) is 16.1 Å². The summed E-state index contributed by atoms with van der Waals surface area (Å²) in [5, 5.41) is 5.82. The summed E-state index contributed by atoms with van der Waals surface area (Å²) < 4.78 is 7.06. The van der Waals surface area contributed by atoms with Crippen molar-refractivity contribution in [3.05, 3.63) is 77.4 Å². The first kappa shape index (κ1) is 25.8. The quantitative estimate of drug-likeness (QED) is 0.338. The van der Waals surface area contributed by atoms with E-state index in [2.05, 4.69) is 75.3 Å². The second-order valence-corrected chi connectivity index (χ2v) is 11.6. The minimum atomic E-state index is -0.161. The van der Waals surface area contributed by atoms with Crippen LogP contribution >= 0.6 is 0 Å². The number of carbonyl (C=O) groups excluding carboxylic acids is 1. The average Bonchev–Trinajstić information content (AvgIpc) is 3.53. The van der Waals surface area contributed by atoms with Crippen LogP contribution in [-0.4, -0.2) is 75.4 Å². The first-order chi connectivity index (χ1) is 18.9. The second-order valence-electron chi connectivity index (χ2n) is 11.6. The molecule has 0 radical (unpaired) electrons. The first-order valence-corrected chi connectivity index (χ1v) is 14.0. The number of hydrogen-bond donors (Lipinski definition) is 1. The molecule has 8 nitrogen and oxygen atoms in total. The van der Waals surface area contributed by atoms with Crippen LogP contribution in [0.3, 0.4) is 0 Å². The lowest BCUT2D eigenvalue weighted by Crippen LogP contribution is -2.60. The topological polar surface area (TPSA) is 79.3 Å². The number of likely N-dealkylation sites (tertiary alicyclic amines) is 2. The van der Waals surface area contributed by atoms with E-state index in [1.54, 1.807) is 0 Å². The van der Waals surface area contributed by atoms with Gasteiger partial charge in [0, 0.05) is 49.4 Å². The van der Waals surface area contributed by atoms with E-state index in [-0.39, 0.29) is 11.9 Å². The molecule has 1 spiro atoms. The van der Waals surface area contributed by atoms with E-state index in [9.17, 15) is 4.79 Å². The average molecular weight is 527 g/mol. The molecule has 3 aromatic heterocycles. The van der Waals surface area contributed by atoms with Gasteiger partial charge in [0.15, 0.2) is 0 Å². The van der Waals surface area contributed by atoms with Crippen LogP contribution in [0.15, 0.2) is 54.7 Å². The van der Waals surface area contributed by atoms with Gasteiger partial charge in [-0.25, -0.2) is 9.67 Å². The Balaban J connectivity index is 1.07. The molecule has 8 heteroatoms. The first-order valence-electron chi connectivity index (χ1n) is 14.0. The fraction of sp³-hybridized carbons (Fsp3) is 0.452. The smallest absolute Gasteiger partial charge is 0.306 e. The highest BCUT2D eigenvalue weighted by Gasteiger charge is 2.44. The number of pyridine rings is 1. The van der Waals surface area contributed by atoms with E-state index in [1.807, 2.05) is 17.8 Å². The number of nitrogens with one attached hydrogen (secondary N) is 1. The van der Waals surface area contributed by atoms with Crippen molar-refractivity contribution in [2.45, 2.75) is 45.6 Å². The number of aromatic nitrogens is 4. The fourth-order valence-corrected chi connectivity index (χ4v) is 6.51. The molecule has 1 N–H and O–H groups in total. The number of rotatable bonds is 8. The molecule has 4 aromatic rings. The monoisotopic (exact) mass is 526 g/mol. The zero-order valence-electron chi connectivity index (χ0n) is 23.2. The Kier molecular flexibility index (Phi) is 6.99. The highest BCUT2D eigenvalue weighted by molar-refractivity contribution is 5.75. The number of piperidine rings is 1. The van der Waals surface area contributed by atoms with Crippen molar-refractivity contribution >= 4 is 17.0 Å². The van der Waals surface area contributed by atoms with Gasteiger partial charge in [-0.1, -0.05) is 12.1 Å². The van der Waals surface area contributed by atoms with Gasteiger partial charge in [0.25, 0.3) is 0 Å². The number of hydrogen-bond acceptors (Lipinski definition) is 6. The third-order valence-electron chi connectivity index (χ3n) is 8.60. The van der Waals surface area contributed by atoms with Gasteiger partial charge in [0.05, 0.1) is 30.6 Å². The number of aromatic amines is 1. The van der Waals surface area contributed by atoms with E-state index in [0.717, 1.165) is 78.6 Å². The summed E-state index contributed by atoms with van der Waals surface area (Å²) in [6, 6.07) is 16.9. The lowest BCUT2D eigenvalue weighted by Gasteiger charge is -2.54. The molecule has 2 aliphatic rings. The molecule has 2 fully saturated rings. The molecular formula is C31H38N6O2. The Morgan fingerprint density at radius 3 is 2.64 bits per heavy atom. The molecule has 0 saturated carbocycles. The van der Waals surface area contributed by atoms with Crippen molar-refractivity contribution in [2.24, 2.45) is 5.41 Å². The number of methoxy groups -OCH3 is 1. The van der Waals surface area contributed by atoms with Crippen LogP contribution in [0, 0.1) is 19.3 Å². The molecule has 1 aromatic carbocycles. The third-order valence-corrected chi connectivity index (χ3v) is 8.60. The van der Waals surface area contributed by atoms with Gasteiger partial charge in [-0.2, -0.15) is 5.10 Å². The zero-order chi connectivity index (χ0) is 27.0. The van der Waals surface area contributed by atoms with Crippen molar-refractivity contribution in [3.63, 3.8) is 0 Å². The van der Waals surface area contributed by atoms with Gasteiger partial charge in [0.1, 0.15) is 5.65 Å². The van der Waals surface area contributed by atoms with Crippen LogP contribution in [0.1, 0.15) is 47.8 Å². The van der Waals surface area contributed by atoms with E-state index in [0.29, 0.717) is 11.8 Å². The Labute approximate surface area is 230 Å². The van der Waals surface area contributed by atoms with Crippen LogP contribution in [0.4, 0.5) is 0 Å². The summed E-state index contributed by atoms with van der Waals surface area (Å²) >= 11 is 0. The molecule has 0 unspecified atom stereocenters. The largest absolute Gasteiger partial charge is 0.469 e. The van der Waals surface area contributed by atoms with Gasteiger partial charge < -0.3 is 14.6 Å². The van der Waals surface area contributed by atoms with E-state index < -0.39 is 0 Å². The molecule has 5 heterocycles. The van der Waals surface area contributed by atoms with Gasteiger partial charge in [-0.3, -0.25) is 9.69 Å². The molecule has 1 atom stereocenters. The van der Waals surface area contributed by atoms with E-state index >= 15 is 0 Å². The molecule has 6 rings (SSSR count). The number of carbonyl (C=O) groups is 1. The second kappa shape index (κ2) is 10.6. The molecule has 0 bridgehead atoms. The molecule has 0 amide bonds. The summed E-state index contributed by atoms with van der Waals surface area (Å²) in [6.07, 6.45) is 4.72. The standard InChI is InChI=1S/C31H38N6O2/c1-22-15-23(2)37(34-22)28-6-4-5-25(16-28)26(17-29(38)39-3)18-35-13-10-31(11-14-35)20-36(21-31)19-27-8-7-24-9-12-32-30(24)33-27/h4-9,12,15-16,26H,10-11,13-14,17-21H2,1-3H3,(H,32,33)/t26-/m1/s1. The lowest BCUT2D eigenvalue weighted by molar-refractivity contribution is -0.141. The van der Waals surface area contributed by atoms with Gasteiger partial charge in [-0.05, 0) is 87.2 Å². The maximum absolute atomic E-state index is 12.4. The van der Waals surface area contributed by atoms with Crippen molar-refractivity contribution in [1.29, 1.82) is 0 Å². The Morgan fingerprint density at radius 2 is 1.90 bits per heavy atom. The van der Waals surface area contributed by atoms with Gasteiger partial charge >= 0.3 is 5.97 Å². The van der Waals surface area contributed by atoms with Crippen molar-refractivity contribution < 1.29 is 9.53 Å².